The second-order valence-electron chi connectivity index (χ2n) is 5.82. The highest BCUT2D eigenvalue weighted by molar-refractivity contribution is 8.00. The van der Waals surface area contributed by atoms with Gasteiger partial charge in [0.1, 0.15) is 6.04 Å². The van der Waals surface area contributed by atoms with Crippen molar-refractivity contribution >= 4 is 23.8 Å². The minimum atomic E-state index is -0.883. The van der Waals surface area contributed by atoms with Crippen LogP contribution in [0, 0.1) is 0 Å². The highest BCUT2D eigenvalue weighted by atomic mass is 32.2. The number of hydrogen-bond donors (Lipinski definition) is 1. The van der Waals surface area contributed by atoms with E-state index in [1.165, 1.54) is 19.3 Å². The fraction of sp³-hybridized carbons (Fsp3) is 0.867. The van der Waals surface area contributed by atoms with Crippen molar-refractivity contribution in [1.29, 1.82) is 0 Å². The summed E-state index contributed by atoms with van der Waals surface area (Å²) in [5.41, 5.74) is 0. The van der Waals surface area contributed by atoms with Crippen LogP contribution in [0.15, 0.2) is 0 Å². The monoisotopic (exact) mass is 314 g/mol. The number of carbonyl (C=O) groups excluding carboxylic acids is 1. The third-order valence-corrected chi connectivity index (χ3v) is 6.00. The number of amides is 2. The third-order valence-electron chi connectivity index (χ3n) is 4.55. The van der Waals surface area contributed by atoms with Crippen molar-refractivity contribution in [2.45, 2.75) is 69.8 Å². The summed E-state index contributed by atoms with van der Waals surface area (Å²) in [5, 5.41) is 9.38. The van der Waals surface area contributed by atoms with Gasteiger partial charge >= 0.3 is 12.0 Å². The van der Waals surface area contributed by atoms with Crippen LogP contribution in [-0.4, -0.2) is 56.7 Å². The molecule has 1 aliphatic carbocycles. The van der Waals surface area contributed by atoms with Crippen molar-refractivity contribution in [2.24, 2.45) is 0 Å². The van der Waals surface area contributed by atoms with Gasteiger partial charge in [0.15, 0.2) is 0 Å². The van der Waals surface area contributed by atoms with Crippen molar-refractivity contribution < 1.29 is 14.7 Å². The Labute approximate surface area is 131 Å². The summed E-state index contributed by atoms with van der Waals surface area (Å²) < 4.78 is 0. The number of carboxylic acids is 1. The van der Waals surface area contributed by atoms with E-state index in [9.17, 15) is 14.7 Å². The number of aliphatic carboxylic acids is 1. The molecule has 0 aromatic rings. The number of nitrogens with zero attached hydrogens (tertiary/aromatic N) is 2. The van der Waals surface area contributed by atoms with Gasteiger partial charge in [-0.2, -0.15) is 0 Å². The van der Waals surface area contributed by atoms with E-state index in [2.05, 4.69) is 0 Å². The first-order valence-electron chi connectivity index (χ1n) is 8.03. The van der Waals surface area contributed by atoms with Gasteiger partial charge in [-0.05, 0) is 26.2 Å². The van der Waals surface area contributed by atoms with Crippen molar-refractivity contribution in [1.82, 2.24) is 9.80 Å². The van der Waals surface area contributed by atoms with Crippen LogP contribution >= 0.6 is 11.8 Å². The van der Waals surface area contributed by atoms with Gasteiger partial charge < -0.3 is 10.0 Å². The van der Waals surface area contributed by atoms with Gasteiger partial charge in [-0.25, -0.2) is 9.59 Å². The van der Waals surface area contributed by atoms with Gasteiger partial charge in [0.05, 0.1) is 5.37 Å². The molecule has 2 rings (SSSR count). The summed E-state index contributed by atoms with van der Waals surface area (Å²) in [6.07, 6.45) is 6.48. The molecule has 6 heteroatoms. The molecule has 1 aliphatic heterocycles. The second kappa shape index (κ2) is 7.38. The summed E-state index contributed by atoms with van der Waals surface area (Å²) in [4.78, 5) is 27.9. The van der Waals surface area contributed by atoms with Crippen LogP contribution < -0.4 is 0 Å². The Kier molecular flexibility index (Phi) is 5.79. The topological polar surface area (TPSA) is 60.9 Å². The van der Waals surface area contributed by atoms with Crippen molar-refractivity contribution in [3.8, 4) is 0 Å². The predicted molar refractivity (Wildman–Crippen MR) is 84.4 cm³/mol. The average molecular weight is 314 g/mol. The summed E-state index contributed by atoms with van der Waals surface area (Å²) in [6, 6.07) is -0.465. The molecule has 2 unspecified atom stereocenters. The molecule has 0 spiro atoms. The lowest BCUT2D eigenvalue weighted by atomic mass is 9.94. The van der Waals surface area contributed by atoms with Crippen LogP contribution in [-0.2, 0) is 4.79 Å². The third kappa shape index (κ3) is 3.47. The summed E-state index contributed by atoms with van der Waals surface area (Å²) in [6.45, 7) is 4.67. The highest BCUT2D eigenvalue weighted by Crippen LogP contribution is 2.33. The van der Waals surface area contributed by atoms with E-state index in [4.69, 9.17) is 0 Å². The molecule has 1 saturated carbocycles. The number of carboxylic acid groups (broad SMARTS) is 1. The van der Waals surface area contributed by atoms with E-state index >= 15 is 0 Å². The van der Waals surface area contributed by atoms with Gasteiger partial charge in [-0.1, -0.05) is 26.2 Å². The molecular formula is C15H26N2O3S. The van der Waals surface area contributed by atoms with Crippen LogP contribution in [0.2, 0.25) is 0 Å². The van der Waals surface area contributed by atoms with Gasteiger partial charge in [-0.15, -0.1) is 11.8 Å². The van der Waals surface area contributed by atoms with Crippen molar-refractivity contribution in [3.63, 3.8) is 0 Å². The van der Waals surface area contributed by atoms with Crippen LogP contribution in [0.25, 0.3) is 0 Å². The van der Waals surface area contributed by atoms with Crippen LogP contribution in [0.3, 0.4) is 0 Å². The first-order valence-corrected chi connectivity index (χ1v) is 9.08. The van der Waals surface area contributed by atoms with Crippen LogP contribution in [0.5, 0.6) is 0 Å². The zero-order valence-corrected chi connectivity index (χ0v) is 13.8. The zero-order chi connectivity index (χ0) is 15.4. The molecule has 0 aromatic heterocycles. The molecule has 120 valence electrons. The summed E-state index contributed by atoms with van der Waals surface area (Å²) in [5.74, 6) is -0.381. The first kappa shape index (κ1) is 16.5. The molecule has 2 fully saturated rings. The average Bonchev–Trinajstić information content (AvgIpc) is 2.93. The molecule has 21 heavy (non-hydrogen) atoms. The molecular weight excluding hydrogens is 288 g/mol. The summed E-state index contributed by atoms with van der Waals surface area (Å²) >= 11 is 1.59. The smallest absolute Gasteiger partial charge is 0.327 e. The van der Waals surface area contributed by atoms with Crippen molar-refractivity contribution in [2.75, 3.05) is 12.3 Å². The number of rotatable bonds is 4. The molecule has 1 heterocycles. The van der Waals surface area contributed by atoms with Gasteiger partial charge in [-0.3, -0.25) is 4.90 Å². The summed E-state index contributed by atoms with van der Waals surface area (Å²) in [7, 11) is 0. The lowest BCUT2D eigenvalue weighted by Gasteiger charge is -2.38. The minimum Gasteiger partial charge on any atom is -0.480 e. The number of carbonyl (C=O) groups is 2. The maximum atomic E-state index is 12.9. The Balaban J connectivity index is 2.15. The van der Waals surface area contributed by atoms with E-state index in [0.717, 1.165) is 19.3 Å². The fourth-order valence-electron chi connectivity index (χ4n) is 3.42. The maximum Gasteiger partial charge on any atom is 0.327 e. The first-order chi connectivity index (χ1) is 10.1. The Morgan fingerprint density at radius 2 is 1.90 bits per heavy atom. The highest BCUT2D eigenvalue weighted by Gasteiger charge is 2.43. The fourth-order valence-corrected chi connectivity index (χ4v) is 4.76. The van der Waals surface area contributed by atoms with E-state index in [1.807, 2.05) is 18.7 Å². The molecule has 5 nitrogen and oxygen atoms in total. The maximum absolute atomic E-state index is 12.9. The molecule has 0 radical (unpaired) electrons. The number of hydrogen-bond acceptors (Lipinski definition) is 3. The van der Waals surface area contributed by atoms with E-state index in [-0.39, 0.29) is 17.4 Å². The Morgan fingerprint density at radius 3 is 2.43 bits per heavy atom. The molecule has 0 aromatic carbocycles. The van der Waals surface area contributed by atoms with E-state index in [0.29, 0.717) is 12.3 Å². The largest absolute Gasteiger partial charge is 0.480 e. The Hall–Kier alpha value is -0.910. The number of thioether (sulfide) groups is 1. The quantitative estimate of drug-likeness (QED) is 0.866. The molecule has 2 atom stereocenters. The SMILES string of the molecule is CCC1SCC(C(=O)O)N1C(=O)N(CC)C1CCCCC1. The van der Waals surface area contributed by atoms with Gasteiger partial charge in [0, 0.05) is 18.3 Å². The minimum absolute atomic E-state index is 0.00348. The molecule has 1 saturated heterocycles. The van der Waals surface area contributed by atoms with Crippen molar-refractivity contribution in [3.05, 3.63) is 0 Å². The van der Waals surface area contributed by atoms with Crippen LogP contribution in [0.4, 0.5) is 4.79 Å². The molecule has 0 bridgehead atoms. The van der Waals surface area contributed by atoms with Gasteiger partial charge in [0.2, 0.25) is 0 Å². The van der Waals surface area contributed by atoms with Crippen LogP contribution in [0.1, 0.15) is 52.4 Å². The lowest BCUT2D eigenvalue weighted by Crippen LogP contribution is -2.54. The second-order valence-corrected chi connectivity index (χ2v) is 7.03. The predicted octanol–water partition coefficient (Wildman–Crippen LogP) is 3.00. The Bertz CT molecular complexity index is 385. The molecule has 2 amide bonds. The lowest BCUT2D eigenvalue weighted by molar-refractivity contribution is -0.141. The van der Waals surface area contributed by atoms with E-state index < -0.39 is 12.0 Å². The van der Waals surface area contributed by atoms with Gasteiger partial charge in [0.25, 0.3) is 0 Å². The Morgan fingerprint density at radius 1 is 1.24 bits per heavy atom. The zero-order valence-electron chi connectivity index (χ0n) is 13.0. The van der Waals surface area contributed by atoms with E-state index in [1.54, 1.807) is 16.7 Å². The molecule has 2 aliphatic rings. The number of urea groups is 1. The normalized spacial score (nSPS) is 26.9. The standard InChI is InChI=1S/C15H26N2O3S/c1-3-13-17(12(10-21-13)14(18)19)15(20)16(4-2)11-8-6-5-7-9-11/h11-13H,3-10H2,1-2H3,(H,18,19). The molecule has 1 N–H and O–H groups in total.